The van der Waals surface area contributed by atoms with E-state index in [0.29, 0.717) is 0 Å². The van der Waals surface area contributed by atoms with Crippen molar-refractivity contribution < 1.29 is 17.9 Å². The summed E-state index contributed by atoms with van der Waals surface area (Å²) in [7, 11) is 0. The lowest BCUT2D eigenvalue weighted by atomic mass is 10.3. The predicted molar refractivity (Wildman–Crippen MR) is 44.8 cm³/mol. The molecule has 0 saturated heterocycles. The van der Waals surface area contributed by atoms with Crippen LogP contribution in [0.3, 0.4) is 0 Å². The zero-order valence-corrected chi connectivity index (χ0v) is 7.58. The molecule has 0 aromatic heterocycles. The molecule has 0 radical (unpaired) electrons. The van der Waals surface area contributed by atoms with Gasteiger partial charge in [0.05, 0.1) is 0 Å². The van der Waals surface area contributed by atoms with E-state index in [4.69, 9.17) is 0 Å². The number of alkyl halides is 2. The Bertz CT molecular complexity index is 291. The molecule has 1 aromatic carbocycles. The second-order valence-corrected chi connectivity index (χ2v) is 3.02. The molecular formula is C8H7F3OS. The van der Waals surface area contributed by atoms with Crippen LogP contribution < -0.4 is 4.74 Å². The molecule has 0 spiro atoms. The van der Waals surface area contributed by atoms with Gasteiger partial charge in [-0.2, -0.15) is 8.78 Å². The lowest BCUT2D eigenvalue weighted by molar-refractivity contribution is -0.0500. The van der Waals surface area contributed by atoms with Crippen molar-refractivity contribution in [2.45, 2.75) is 11.5 Å². The zero-order valence-electron chi connectivity index (χ0n) is 6.76. The minimum absolute atomic E-state index is 0.0271. The fraction of sp³-hybridized carbons (Fsp3) is 0.250. The Morgan fingerprint density at radius 3 is 2.62 bits per heavy atom. The summed E-state index contributed by atoms with van der Waals surface area (Å²) in [5, 5.41) is 0. The highest BCUT2D eigenvalue weighted by Crippen LogP contribution is 2.25. The van der Waals surface area contributed by atoms with E-state index < -0.39 is 12.4 Å². The molecule has 0 fully saturated rings. The smallest absolute Gasteiger partial charge is 0.387 e. The summed E-state index contributed by atoms with van der Waals surface area (Å²) in [4.78, 5) is 0.290. The molecule has 0 atom stereocenters. The summed E-state index contributed by atoms with van der Waals surface area (Å²) in [6.07, 6.45) is 1.66. The molecule has 1 aromatic rings. The first-order valence-corrected chi connectivity index (χ1v) is 4.64. The van der Waals surface area contributed by atoms with Gasteiger partial charge >= 0.3 is 6.61 Å². The number of rotatable bonds is 3. The third-order valence-electron chi connectivity index (χ3n) is 1.35. The van der Waals surface area contributed by atoms with Crippen LogP contribution in [0.4, 0.5) is 13.2 Å². The molecule has 0 aliphatic heterocycles. The third kappa shape index (κ3) is 2.84. The second kappa shape index (κ2) is 4.41. The topological polar surface area (TPSA) is 9.23 Å². The van der Waals surface area contributed by atoms with Crippen LogP contribution in [-0.2, 0) is 0 Å². The maximum atomic E-state index is 12.8. The number of hydrogen-bond donors (Lipinski definition) is 0. The number of thioether (sulfide) groups is 1. The van der Waals surface area contributed by atoms with Crippen molar-refractivity contribution in [1.29, 1.82) is 0 Å². The van der Waals surface area contributed by atoms with Crippen LogP contribution in [0.15, 0.2) is 23.1 Å². The number of hydrogen-bond acceptors (Lipinski definition) is 2. The molecular weight excluding hydrogens is 201 g/mol. The lowest BCUT2D eigenvalue weighted by Crippen LogP contribution is -2.01. The van der Waals surface area contributed by atoms with Crippen molar-refractivity contribution >= 4 is 11.8 Å². The van der Waals surface area contributed by atoms with Gasteiger partial charge in [0.1, 0.15) is 11.6 Å². The van der Waals surface area contributed by atoms with Gasteiger partial charge in [-0.3, -0.25) is 0 Å². The number of ether oxygens (including phenoxy) is 1. The molecule has 5 heteroatoms. The summed E-state index contributed by atoms with van der Waals surface area (Å²) in [5.41, 5.74) is 0. The molecule has 0 N–H and O–H groups in total. The van der Waals surface area contributed by atoms with Crippen molar-refractivity contribution in [3.05, 3.63) is 24.0 Å². The van der Waals surface area contributed by atoms with Crippen molar-refractivity contribution in [2.24, 2.45) is 0 Å². The van der Waals surface area contributed by atoms with E-state index >= 15 is 0 Å². The molecule has 1 rings (SSSR count). The Morgan fingerprint density at radius 1 is 1.38 bits per heavy atom. The summed E-state index contributed by atoms with van der Waals surface area (Å²) in [6, 6.07) is 3.51. The summed E-state index contributed by atoms with van der Waals surface area (Å²) in [5.74, 6) is -0.463. The normalized spacial score (nSPS) is 10.5. The van der Waals surface area contributed by atoms with Crippen LogP contribution in [0.1, 0.15) is 0 Å². The highest BCUT2D eigenvalue weighted by atomic mass is 32.2. The van der Waals surface area contributed by atoms with E-state index in [1.165, 1.54) is 12.1 Å². The van der Waals surface area contributed by atoms with Gasteiger partial charge in [0.25, 0.3) is 0 Å². The van der Waals surface area contributed by atoms with E-state index in [9.17, 15) is 13.2 Å². The Kier molecular flexibility index (Phi) is 3.48. The van der Waals surface area contributed by atoms with Crippen molar-refractivity contribution in [3.63, 3.8) is 0 Å². The molecule has 0 amide bonds. The molecule has 0 saturated carbocycles. The van der Waals surface area contributed by atoms with Gasteiger partial charge in [0.2, 0.25) is 0 Å². The van der Waals surface area contributed by atoms with Gasteiger partial charge in [-0.1, -0.05) is 0 Å². The monoisotopic (exact) mass is 208 g/mol. The van der Waals surface area contributed by atoms with Crippen molar-refractivity contribution in [3.8, 4) is 5.75 Å². The molecule has 0 unspecified atom stereocenters. The molecule has 0 aliphatic rings. The molecule has 0 aliphatic carbocycles. The Morgan fingerprint density at radius 2 is 2.08 bits per heavy atom. The minimum Gasteiger partial charge on any atom is -0.435 e. The van der Waals surface area contributed by atoms with Crippen LogP contribution in [0, 0.1) is 5.82 Å². The van der Waals surface area contributed by atoms with Gasteiger partial charge in [-0.05, 0) is 24.5 Å². The summed E-state index contributed by atoms with van der Waals surface area (Å²) >= 11 is 1.14. The fourth-order valence-electron chi connectivity index (χ4n) is 0.816. The van der Waals surface area contributed by atoms with Crippen molar-refractivity contribution in [1.82, 2.24) is 0 Å². The average molecular weight is 208 g/mol. The van der Waals surface area contributed by atoms with E-state index in [1.54, 1.807) is 6.26 Å². The first-order chi connectivity index (χ1) is 6.13. The molecule has 1 nitrogen and oxygen atoms in total. The second-order valence-electron chi connectivity index (χ2n) is 2.17. The van der Waals surface area contributed by atoms with Crippen LogP contribution in [0.2, 0.25) is 0 Å². The summed E-state index contributed by atoms with van der Waals surface area (Å²) in [6.45, 7) is -2.87. The molecule has 72 valence electrons. The van der Waals surface area contributed by atoms with Gasteiger partial charge in [-0.25, -0.2) is 4.39 Å². The van der Waals surface area contributed by atoms with Crippen molar-refractivity contribution in [2.75, 3.05) is 6.26 Å². The van der Waals surface area contributed by atoms with Crippen LogP contribution in [-0.4, -0.2) is 12.9 Å². The standard InChI is InChI=1S/C8H7F3OS/c1-13-7-4-5(12-8(10)11)2-3-6(7)9/h2-4,8H,1H3. The molecule has 13 heavy (non-hydrogen) atoms. The largest absolute Gasteiger partial charge is 0.435 e. The highest BCUT2D eigenvalue weighted by molar-refractivity contribution is 7.98. The maximum absolute atomic E-state index is 12.8. The number of halogens is 3. The first kappa shape index (κ1) is 10.2. The van der Waals surface area contributed by atoms with E-state index in [1.807, 2.05) is 0 Å². The minimum atomic E-state index is -2.87. The SMILES string of the molecule is CSc1cc(OC(F)F)ccc1F. The molecule has 0 bridgehead atoms. The first-order valence-electron chi connectivity index (χ1n) is 3.42. The Labute approximate surface area is 77.9 Å². The van der Waals surface area contributed by atoms with E-state index in [-0.39, 0.29) is 10.6 Å². The maximum Gasteiger partial charge on any atom is 0.387 e. The van der Waals surface area contributed by atoms with Crippen LogP contribution in [0.5, 0.6) is 5.75 Å². The molecule has 0 heterocycles. The fourth-order valence-corrected chi connectivity index (χ4v) is 1.31. The summed E-state index contributed by atoms with van der Waals surface area (Å²) < 4.78 is 40.4. The lowest BCUT2D eigenvalue weighted by Gasteiger charge is -2.05. The number of benzene rings is 1. The van der Waals surface area contributed by atoms with Gasteiger partial charge in [0.15, 0.2) is 0 Å². The Balaban J connectivity index is 2.86. The van der Waals surface area contributed by atoms with E-state index in [2.05, 4.69) is 4.74 Å². The Hall–Kier alpha value is -0.840. The third-order valence-corrected chi connectivity index (χ3v) is 2.10. The highest BCUT2D eigenvalue weighted by Gasteiger charge is 2.07. The van der Waals surface area contributed by atoms with E-state index in [0.717, 1.165) is 17.8 Å². The average Bonchev–Trinajstić information content (AvgIpc) is 2.07. The quantitative estimate of drug-likeness (QED) is 0.705. The van der Waals surface area contributed by atoms with Crippen LogP contribution in [0.25, 0.3) is 0 Å². The van der Waals surface area contributed by atoms with Gasteiger partial charge in [0, 0.05) is 4.90 Å². The van der Waals surface area contributed by atoms with Gasteiger partial charge in [-0.15, -0.1) is 11.8 Å². The zero-order chi connectivity index (χ0) is 9.84. The predicted octanol–water partition coefficient (Wildman–Crippen LogP) is 3.15. The van der Waals surface area contributed by atoms with Gasteiger partial charge < -0.3 is 4.74 Å². The van der Waals surface area contributed by atoms with Crippen LogP contribution >= 0.6 is 11.8 Å².